The maximum Gasteiger partial charge on any atom is 0.329 e. The van der Waals surface area contributed by atoms with Gasteiger partial charge in [-0.3, -0.25) is 4.79 Å². The predicted octanol–water partition coefficient (Wildman–Crippen LogP) is 1.79. The van der Waals surface area contributed by atoms with Gasteiger partial charge in [-0.25, -0.2) is 9.18 Å². The minimum atomic E-state index is -1.07. The number of ether oxygens (including phenoxy) is 1. The molecule has 5 nitrogen and oxygen atoms in total. The molecule has 20 heavy (non-hydrogen) atoms. The van der Waals surface area contributed by atoms with Gasteiger partial charge in [-0.1, -0.05) is 11.6 Å². The highest BCUT2D eigenvalue weighted by molar-refractivity contribution is 6.30. The van der Waals surface area contributed by atoms with Gasteiger partial charge in [-0.15, -0.1) is 0 Å². The van der Waals surface area contributed by atoms with Crippen LogP contribution in [-0.2, 0) is 9.53 Å². The number of hydrogen-bond donors (Lipinski definition) is 1. The lowest BCUT2D eigenvalue weighted by molar-refractivity contribution is -0.159. The third-order valence-electron chi connectivity index (χ3n) is 3.04. The van der Waals surface area contributed by atoms with Crippen LogP contribution in [0.1, 0.15) is 17.3 Å². The fraction of sp³-hybridized carbons (Fsp3) is 0.385. The second-order valence-electron chi connectivity index (χ2n) is 4.92. The third-order valence-corrected chi connectivity index (χ3v) is 3.28. The van der Waals surface area contributed by atoms with E-state index < -0.39 is 29.9 Å². The number of carboxylic acids is 1. The first kappa shape index (κ1) is 14.7. The molecule has 0 radical (unpaired) electrons. The number of benzene rings is 1. The summed E-state index contributed by atoms with van der Waals surface area (Å²) < 4.78 is 18.8. The molecular formula is C13H13ClFNO4. The standard InChI is InChI=1S/C13H13ClFNO4/c1-13(20-5-11(17)18)6-16(7-13)12(19)9-3-2-8(14)4-10(9)15/h2-4H,5-7H2,1H3,(H,17,18). The lowest BCUT2D eigenvalue weighted by Gasteiger charge is -2.47. The molecule has 0 unspecified atom stereocenters. The van der Waals surface area contributed by atoms with Crippen molar-refractivity contribution in [2.45, 2.75) is 12.5 Å². The van der Waals surface area contributed by atoms with Crippen molar-refractivity contribution in [2.24, 2.45) is 0 Å². The van der Waals surface area contributed by atoms with E-state index in [2.05, 4.69) is 0 Å². The molecular weight excluding hydrogens is 289 g/mol. The Morgan fingerprint density at radius 1 is 1.50 bits per heavy atom. The van der Waals surface area contributed by atoms with Crippen molar-refractivity contribution >= 4 is 23.5 Å². The molecule has 2 rings (SSSR count). The second-order valence-corrected chi connectivity index (χ2v) is 5.35. The van der Waals surface area contributed by atoms with Crippen molar-refractivity contribution in [3.8, 4) is 0 Å². The maximum absolute atomic E-state index is 13.6. The molecule has 1 aliphatic heterocycles. The van der Waals surface area contributed by atoms with Crippen molar-refractivity contribution in [2.75, 3.05) is 19.7 Å². The minimum absolute atomic E-state index is 0.0605. The molecule has 0 aliphatic carbocycles. The van der Waals surface area contributed by atoms with Crippen LogP contribution in [0.15, 0.2) is 18.2 Å². The first-order chi connectivity index (χ1) is 9.31. The van der Waals surface area contributed by atoms with E-state index >= 15 is 0 Å². The zero-order valence-electron chi connectivity index (χ0n) is 10.7. The summed E-state index contributed by atoms with van der Waals surface area (Å²) in [5.74, 6) is -2.21. The summed E-state index contributed by atoms with van der Waals surface area (Å²) in [6, 6.07) is 3.85. The number of aliphatic carboxylic acids is 1. The van der Waals surface area contributed by atoms with Crippen molar-refractivity contribution in [3.05, 3.63) is 34.6 Å². The summed E-state index contributed by atoms with van der Waals surface area (Å²) in [5.41, 5.74) is -0.758. The van der Waals surface area contributed by atoms with Crippen LogP contribution in [0.25, 0.3) is 0 Å². The highest BCUT2D eigenvalue weighted by Crippen LogP contribution is 2.27. The number of nitrogens with zero attached hydrogens (tertiary/aromatic N) is 1. The summed E-state index contributed by atoms with van der Waals surface area (Å²) in [7, 11) is 0. The fourth-order valence-electron chi connectivity index (χ4n) is 2.07. The Morgan fingerprint density at radius 2 is 2.15 bits per heavy atom. The summed E-state index contributed by atoms with van der Waals surface area (Å²) in [4.78, 5) is 23.9. The minimum Gasteiger partial charge on any atom is -0.480 e. The molecule has 7 heteroatoms. The largest absolute Gasteiger partial charge is 0.480 e. The first-order valence-corrected chi connectivity index (χ1v) is 6.29. The van der Waals surface area contributed by atoms with Crippen LogP contribution >= 0.6 is 11.6 Å². The average Bonchev–Trinajstić information content (AvgIpc) is 2.32. The van der Waals surface area contributed by atoms with E-state index in [0.717, 1.165) is 6.07 Å². The molecule has 0 spiro atoms. The lowest BCUT2D eigenvalue weighted by atomic mass is 9.95. The summed E-state index contributed by atoms with van der Waals surface area (Å²) in [6.45, 7) is 1.73. The van der Waals surface area contributed by atoms with Crippen LogP contribution < -0.4 is 0 Å². The normalized spacial score (nSPS) is 16.6. The molecule has 1 aromatic carbocycles. The third kappa shape index (κ3) is 3.08. The van der Waals surface area contributed by atoms with Crippen molar-refractivity contribution in [3.63, 3.8) is 0 Å². The van der Waals surface area contributed by atoms with E-state index in [1.165, 1.54) is 17.0 Å². The van der Waals surface area contributed by atoms with Gasteiger partial charge in [0.05, 0.1) is 18.7 Å². The van der Waals surface area contributed by atoms with E-state index in [1.807, 2.05) is 0 Å². The van der Waals surface area contributed by atoms with Crippen LogP contribution in [0, 0.1) is 5.82 Å². The topological polar surface area (TPSA) is 66.8 Å². The fourth-order valence-corrected chi connectivity index (χ4v) is 2.22. The smallest absolute Gasteiger partial charge is 0.329 e. The monoisotopic (exact) mass is 301 g/mol. The summed E-state index contributed by atoms with van der Waals surface area (Å²) >= 11 is 5.62. The Balaban J connectivity index is 1.98. The number of carboxylic acid groups (broad SMARTS) is 1. The SMILES string of the molecule is CC1(OCC(=O)O)CN(C(=O)c2ccc(Cl)cc2F)C1. The van der Waals surface area contributed by atoms with Crippen LogP contribution in [0.2, 0.25) is 5.02 Å². The second kappa shape index (κ2) is 5.38. The van der Waals surface area contributed by atoms with Gasteiger partial charge >= 0.3 is 5.97 Å². The molecule has 0 atom stereocenters. The molecule has 1 fully saturated rings. The summed E-state index contributed by atoms with van der Waals surface area (Å²) in [6.07, 6.45) is 0. The Bertz CT molecular complexity index is 557. The number of likely N-dealkylation sites (tertiary alicyclic amines) is 1. The molecule has 0 saturated carbocycles. The van der Waals surface area contributed by atoms with Crippen LogP contribution in [-0.4, -0.2) is 47.2 Å². The highest BCUT2D eigenvalue weighted by Gasteiger charge is 2.43. The molecule has 108 valence electrons. The van der Waals surface area contributed by atoms with Gasteiger partial charge in [0.25, 0.3) is 5.91 Å². The number of halogens is 2. The predicted molar refractivity (Wildman–Crippen MR) is 69.3 cm³/mol. The van der Waals surface area contributed by atoms with Crippen molar-refractivity contribution in [1.29, 1.82) is 0 Å². The number of amides is 1. The van der Waals surface area contributed by atoms with Crippen molar-refractivity contribution in [1.82, 2.24) is 4.90 Å². The van der Waals surface area contributed by atoms with Gasteiger partial charge in [0.2, 0.25) is 0 Å². The van der Waals surface area contributed by atoms with Crippen LogP contribution in [0.3, 0.4) is 0 Å². The molecule has 0 aromatic heterocycles. The molecule has 1 amide bonds. The molecule has 1 heterocycles. The Morgan fingerprint density at radius 3 is 2.70 bits per heavy atom. The average molecular weight is 302 g/mol. The highest BCUT2D eigenvalue weighted by atomic mass is 35.5. The van der Waals surface area contributed by atoms with Gasteiger partial charge in [0, 0.05) is 5.02 Å². The molecule has 1 saturated heterocycles. The Hall–Kier alpha value is -1.66. The number of hydrogen-bond acceptors (Lipinski definition) is 3. The van der Waals surface area contributed by atoms with Gasteiger partial charge < -0.3 is 14.7 Å². The molecule has 0 bridgehead atoms. The van der Waals surface area contributed by atoms with E-state index in [9.17, 15) is 14.0 Å². The zero-order valence-corrected chi connectivity index (χ0v) is 11.5. The number of rotatable bonds is 4. The molecule has 1 N–H and O–H groups in total. The lowest BCUT2D eigenvalue weighted by Crippen LogP contribution is -2.63. The quantitative estimate of drug-likeness (QED) is 0.921. The first-order valence-electron chi connectivity index (χ1n) is 5.91. The van der Waals surface area contributed by atoms with Gasteiger partial charge in [-0.05, 0) is 25.1 Å². The van der Waals surface area contributed by atoms with E-state index in [1.54, 1.807) is 6.92 Å². The number of carbonyl (C=O) groups is 2. The van der Waals surface area contributed by atoms with E-state index in [4.69, 9.17) is 21.4 Å². The van der Waals surface area contributed by atoms with Crippen LogP contribution in [0.4, 0.5) is 4.39 Å². The summed E-state index contributed by atoms with van der Waals surface area (Å²) in [5, 5.41) is 8.76. The number of carbonyl (C=O) groups excluding carboxylic acids is 1. The van der Waals surface area contributed by atoms with Gasteiger partial charge in [0.1, 0.15) is 18.0 Å². The Labute approximate surface area is 119 Å². The zero-order chi connectivity index (χ0) is 14.9. The Kier molecular flexibility index (Phi) is 3.96. The molecule has 1 aliphatic rings. The van der Waals surface area contributed by atoms with E-state index in [-0.39, 0.29) is 23.7 Å². The molecule has 1 aromatic rings. The van der Waals surface area contributed by atoms with Crippen molar-refractivity contribution < 1.29 is 23.8 Å². The van der Waals surface area contributed by atoms with E-state index in [0.29, 0.717) is 0 Å². The van der Waals surface area contributed by atoms with Gasteiger partial charge in [-0.2, -0.15) is 0 Å². The van der Waals surface area contributed by atoms with Crippen LogP contribution in [0.5, 0.6) is 0 Å². The van der Waals surface area contributed by atoms with Gasteiger partial charge in [0.15, 0.2) is 0 Å². The maximum atomic E-state index is 13.6.